The summed E-state index contributed by atoms with van der Waals surface area (Å²) in [7, 11) is 0. The second kappa shape index (κ2) is 6.39. The largest absolute Gasteiger partial charge is 0.462 e. The molecule has 3 rings (SSSR count). The quantitative estimate of drug-likeness (QED) is 0.628. The van der Waals surface area contributed by atoms with E-state index in [0.717, 1.165) is 0 Å². The summed E-state index contributed by atoms with van der Waals surface area (Å²) < 4.78 is 10.4. The van der Waals surface area contributed by atoms with Crippen molar-refractivity contribution in [1.82, 2.24) is 10.0 Å². The fourth-order valence-corrected chi connectivity index (χ4v) is 2.34. The predicted molar refractivity (Wildman–Crippen MR) is 82.9 cm³/mol. The van der Waals surface area contributed by atoms with E-state index in [2.05, 4.69) is 0 Å². The molecule has 118 valence electrons. The average Bonchev–Trinajstić information content (AvgIpc) is 3.04. The van der Waals surface area contributed by atoms with Crippen molar-refractivity contribution in [1.29, 1.82) is 0 Å². The van der Waals surface area contributed by atoms with Crippen molar-refractivity contribution >= 4 is 11.9 Å². The molecule has 0 amide bonds. The van der Waals surface area contributed by atoms with Crippen molar-refractivity contribution in [2.24, 2.45) is 0 Å². The lowest BCUT2D eigenvalue weighted by molar-refractivity contribution is -0.133. The first-order valence-electron chi connectivity index (χ1n) is 7.30. The number of esters is 2. The van der Waals surface area contributed by atoms with Gasteiger partial charge in [-0.05, 0) is 37.3 Å². The molecule has 0 fully saturated rings. The number of nitrogens with zero attached hydrogens (tertiary/aromatic N) is 2. The van der Waals surface area contributed by atoms with E-state index in [0.29, 0.717) is 12.2 Å². The summed E-state index contributed by atoms with van der Waals surface area (Å²) >= 11 is 0. The number of fused-ring (bicyclic) bond motifs is 1. The minimum atomic E-state index is -0.539. The second-order valence-electron chi connectivity index (χ2n) is 4.85. The molecule has 0 spiro atoms. The topological polar surface area (TPSA) is 59.1 Å². The standard InChI is InChI=1S/C17H16N2O4/c1-2-22-16(20)13-7-3-4-9-15(13)23-17(21)14-8-5-10-18-11-6-12-19(14)18/h3-10,12H,2,11H2,1H3. The van der Waals surface area contributed by atoms with Gasteiger partial charge >= 0.3 is 11.9 Å². The van der Waals surface area contributed by atoms with Crippen LogP contribution in [0.4, 0.5) is 0 Å². The Morgan fingerprint density at radius 1 is 1.17 bits per heavy atom. The molecule has 0 unspecified atom stereocenters. The van der Waals surface area contributed by atoms with Crippen LogP contribution in [0.2, 0.25) is 0 Å². The molecule has 23 heavy (non-hydrogen) atoms. The van der Waals surface area contributed by atoms with Gasteiger partial charge in [-0.1, -0.05) is 12.1 Å². The van der Waals surface area contributed by atoms with E-state index in [9.17, 15) is 9.59 Å². The number of allylic oxidation sites excluding steroid dienone is 2. The molecule has 2 aliphatic rings. The smallest absolute Gasteiger partial charge is 0.362 e. The first kappa shape index (κ1) is 14.9. The summed E-state index contributed by atoms with van der Waals surface area (Å²) in [5.74, 6) is -0.875. The molecule has 2 heterocycles. The van der Waals surface area contributed by atoms with Crippen molar-refractivity contribution in [3.8, 4) is 5.75 Å². The number of carbonyl (C=O) groups excluding carboxylic acids is 2. The lowest BCUT2D eigenvalue weighted by atomic mass is 10.2. The van der Waals surface area contributed by atoms with E-state index >= 15 is 0 Å². The second-order valence-corrected chi connectivity index (χ2v) is 4.85. The highest BCUT2D eigenvalue weighted by atomic mass is 16.5. The molecule has 1 aromatic carbocycles. The molecule has 0 N–H and O–H groups in total. The van der Waals surface area contributed by atoms with Crippen LogP contribution >= 0.6 is 0 Å². The highest BCUT2D eigenvalue weighted by molar-refractivity contribution is 5.96. The van der Waals surface area contributed by atoms with Crippen LogP contribution in [-0.4, -0.2) is 35.1 Å². The monoisotopic (exact) mass is 312 g/mol. The Balaban J connectivity index is 1.81. The predicted octanol–water partition coefficient (Wildman–Crippen LogP) is 2.23. The van der Waals surface area contributed by atoms with Gasteiger partial charge in [-0.2, -0.15) is 0 Å². The van der Waals surface area contributed by atoms with Crippen molar-refractivity contribution in [2.75, 3.05) is 13.2 Å². The van der Waals surface area contributed by atoms with Gasteiger partial charge in [0.25, 0.3) is 0 Å². The first-order chi connectivity index (χ1) is 11.2. The number of rotatable bonds is 4. The zero-order valence-corrected chi connectivity index (χ0v) is 12.6. The molecule has 0 bridgehead atoms. The Labute approximate surface area is 133 Å². The minimum absolute atomic E-state index is 0.182. The SMILES string of the molecule is CCOC(=O)c1ccccc1OC(=O)C1=CC=CN2CC=CN12. The normalized spacial score (nSPS) is 15.3. The van der Waals surface area contributed by atoms with Crippen LogP contribution in [0.3, 0.4) is 0 Å². The maximum absolute atomic E-state index is 12.5. The molecule has 0 aromatic heterocycles. The van der Waals surface area contributed by atoms with Gasteiger partial charge < -0.3 is 9.47 Å². The number of ether oxygens (including phenoxy) is 2. The fourth-order valence-electron chi connectivity index (χ4n) is 2.34. The van der Waals surface area contributed by atoms with Gasteiger partial charge in [-0.3, -0.25) is 10.0 Å². The van der Waals surface area contributed by atoms with Crippen molar-refractivity contribution < 1.29 is 19.1 Å². The zero-order chi connectivity index (χ0) is 16.2. The van der Waals surface area contributed by atoms with Gasteiger partial charge in [-0.15, -0.1) is 0 Å². The number of hydrogen-bond donors (Lipinski definition) is 0. The van der Waals surface area contributed by atoms with E-state index in [1.807, 2.05) is 17.3 Å². The van der Waals surface area contributed by atoms with E-state index < -0.39 is 11.9 Å². The molecule has 1 aromatic rings. The summed E-state index contributed by atoms with van der Waals surface area (Å²) in [5.41, 5.74) is 0.600. The number of benzene rings is 1. The Morgan fingerprint density at radius 3 is 2.83 bits per heavy atom. The van der Waals surface area contributed by atoms with Crippen LogP contribution < -0.4 is 4.74 Å². The highest BCUT2D eigenvalue weighted by Crippen LogP contribution is 2.24. The van der Waals surface area contributed by atoms with Crippen molar-refractivity contribution in [3.05, 3.63) is 66.2 Å². The minimum Gasteiger partial charge on any atom is -0.462 e. The number of hydrogen-bond acceptors (Lipinski definition) is 6. The molecular weight excluding hydrogens is 296 g/mol. The van der Waals surface area contributed by atoms with Gasteiger partial charge in [0, 0.05) is 12.4 Å². The molecule has 0 radical (unpaired) electrons. The van der Waals surface area contributed by atoms with E-state index in [1.165, 1.54) is 0 Å². The summed E-state index contributed by atoms with van der Waals surface area (Å²) in [6, 6.07) is 6.53. The van der Waals surface area contributed by atoms with Crippen LogP contribution in [0.1, 0.15) is 17.3 Å². The molecule has 0 atom stereocenters. The third kappa shape index (κ3) is 2.96. The summed E-state index contributed by atoms with van der Waals surface area (Å²) in [6.07, 6.45) is 9.04. The lowest BCUT2D eigenvalue weighted by Crippen LogP contribution is -2.36. The lowest BCUT2D eigenvalue weighted by Gasteiger charge is -2.30. The number of hydrazine groups is 1. The summed E-state index contributed by atoms with van der Waals surface area (Å²) in [5, 5.41) is 3.57. The van der Waals surface area contributed by atoms with Crippen LogP contribution in [0.5, 0.6) is 5.75 Å². The third-order valence-corrected chi connectivity index (χ3v) is 3.37. The van der Waals surface area contributed by atoms with Crippen molar-refractivity contribution in [3.63, 3.8) is 0 Å². The van der Waals surface area contributed by atoms with Gasteiger partial charge in [0.1, 0.15) is 17.0 Å². The first-order valence-corrected chi connectivity index (χ1v) is 7.30. The van der Waals surface area contributed by atoms with Crippen molar-refractivity contribution in [2.45, 2.75) is 6.92 Å². The fraction of sp³-hybridized carbons (Fsp3) is 0.176. The van der Waals surface area contributed by atoms with Gasteiger partial charge in [0.15, 0.2) is 0 Å². The zero-order valence-electron chi connectivity index (χ0n) is 12.6. The maximum Gasteiger partial charge on any atom is 0.362 e. The molecule has 2 aliphatic heterocycles. The molecule has 6 nitrogen and oxygen atoms in total. The van der Waals surface area contributed by atoms with E-state index in [4.69, 9.17) is 9.47 Å². The Kier molecular flexibility index (Phi) is 4.14. The number of carbonyl (C=O) groups is 2. The van der Waals surface area contributed by atoms with E-state index in [1.54, 1.807) is 54.6 Å². The molecule has 0 saturated heterocycles. The van der Waals surface area contributed by atoms with Crippen LogP contribution in [0.15, 0.2) is 60.6 Å². The van der Waals surface area contributed by atoms with Gasteiger partial charge in [-0.25, -0.2) is 9.59 Å². The van der Waals surface area contributed by atoms with Crippen LogP contribution in [0.25, 0.3) is 0 Å². The Hall–Kier alpha value is -3.02. The third-order valence-electron chi connectivity index (χ3n) is 3.37. The maximum atomic E-state index is 12.5. The summed E-state index contributed by atoms with van der Waals surface area (Å²) in [6.45, 7) is 2.67. The average molecular weight is 312 g/mol. The molecule has 0 saturated carbocycles. The molecular formula is C17H16N2O4. The summed E-state index contributed by atoms with van der Waals surface area (Å²) in [4.78, 5) is 24.4. The van der Waals surface area contributed by atoms with Crippen LogP contribution in [0, 0.1) is 0 Å². The molecule has 6 heteroatoms. The van der Waals surface area contributed by atoms with Gasteiger partial charge in [0.05, 0.1) is 13.2 Å². The van der Waals surface area contributed by atoms with E-state index in [-0.39, 0.29) is 17.9 Å². The van der Waals surface area contributed by atoms with Gasteiger partial charge in [0.2, 0.25) is 0 Å². The number of para-hydroxylation sites is 1. The Bertz CT molecular complexity index is 721. The highest BCUT2D eigenvalue weighted by Gasteiger charge is 2.27. The molecule has 0 aliphatic carbocycles. The van der Waals surface area contributed by atoms with Crippen LogP contribution in [-0.2, 0) is 9.53 Å². The Morgan fingerprint density at radius 2 is 2.00 bits per heavy atom.